The van der Waals surface area contributed by atoms with Crippen LogP contribution in [0.25, 0.3) is 0 Å². The smallest absolute Gasteiger partial charge is 0.269 e. The van der Waals surface area contributed by atoms with Gasteiger partial charge in [0, 0.05) is 5.92 Å². The number of nitrogens with one attached hydrogen (secondary N) is 1. The van der Waals surface area contributed by atoms with Gasteiger partial charge in [0.2, 0.25) is 0 Å². The number of rotatable bonds is 2. The maximum atomic E-state index is 11.1. The Morgan fingerprint density at radius 1 is 1.39 bits per heavy atom. The van der Waals surface area contributed by atoms with Crippen LogP contribution < -0.4 is 5.32 Å². The highest BCUT2D eigenvalue weighted by Gasteiger charge is 2.48. The van der Waals surface area contributed by atoms with Crippen molar-refractivity contribution in [1.29, 1.82) is 0 Å². The van der Waals surface area contributed by atoms with Crippen LogP contribution in [-0.2, 0) is 4.79 Å². The lowest BCUT2D eigenvalue weighted by molar-refractivity contribution is -0.115. The molecule has 18 heavy (non-hydrogen) atoms. The third-order valence-corrected chi connectivity index (χ3v) is 3.25. The molecular weight excluding hydrogens is 238 g/mol. The molecule has 1 unspecified atom stereocenters. The van der Waals surface area contributed by atoms with Gasteiger partial charge >= 0.3 is 0 Å². The number of hydrogen-bond acceptors (Lipinski definition) is 6. The Bertz CT molecular complexity index is 434. The van der Waals surface area contributed by atoms with Crippen LogP contribution in [0.15, 0.2) is 29.7 Å². The van der Waals surface area contributed by atoms with Crippen molar-refractivity contribution >= 4 is 12.1 Å². The second kappa shape index (κ2) is 4.52. The van der Waals surface area contributed by atoms with E-state index in [9.17, 15) is 15.0 Å². The Balaban J connectivity index is 2.28. The quantitative estimate of drug-likeness (QED) is 0.432. The summed E-state index contributed by atoms with van der Waals surface area (Å²) < 4.78 is 0. The fourth-order valence-electron chi connectivity index (χ4n) is 2.27. The third-order valence-electron chi connectivity index (χ3n) is 3.25. The van der Waals surface area contributed by atoms with Crippen molar-refractivity contribution in [1.82, 2.24) is 10.3 Å². The van der Waals surface area contributed by atoms with E-state index < -0.39 is 30.1 Å². The average molecular weight is 253 g/mol. The third kappa shape index (κ3) is 1.82. The van der Waals surface area contributed by atoms with Gasteiger partial charge in [-0.25, -0.2) is 5.01 Å². The van der Waals surface area contributed by atoms with E-state index >= 15 is 0 Å². The van der Waals surface area contributed by atoms with Crippen molar-refractivity contribution in [2.45, 2.75) is 18.2 Å². The Labute approximate surface area is 104 Å². The van der Waals surface area contributed by atoms with Crippen LogP contribution in [0, 0.1) is 5.92 Å². The number of carbonyl (C=O) groups excluding carboxylic acids is 1. The van der Waals surface area contributed by atoms with E-state index in [1.165, 1.54) is 5.01 Å². The molecule has 0 aromatic heterocycles. The fourth-order valence-corrected chi connectivity index (χ4v) is 2.27. The van der Waals surface area contributed by atoms with Crippen LogP contribution >= 0.6 is 0 Å². The fraction of sp³-hybridized carbons (Fsp3) is 0.455. The summed E-state index contributed by atoms with van der Waals surface area (Å²) in [5, 5.41) is 36.5. The van der Waals surface area contributed by atoms with Gasteiger partial charge in [-0.15, -0.1) is 0 Å². The summed E-state index contributed by atoms with van der Waals surface area (Å²) in [4.78, 5) is 11.1. The molecule has 4 N–H and O–H groups in total. The topological polar surface area (TPSA) is 105 Å². The lowest BCUT2D eigenvalue weighted by atomic mass is 10.0. The molecule has 0 aromatic rings. The van der Waals surface area contributed by atoms with Gasteiger partial charge in [0.15, 0.2) is 0 Å². The van der Waals surface area contributed by atoms with E-state index in [-0.39, 0.29) is 12.4 Å². The molecule has 2 rings (SSSR count). The molecule has 1 amide bonds. The highest BCUT2D eigenvalue weighted by molar-refractivity contribution is 6.27. The van der Waals surface area contributed by atoms with Crippen molar-refractivity contribution < 1.29 is 20.1 Å². The molecule has 2 aliphatic rings. The van der Waals surface area contributed by atoms with E-state index in [1.807, 2.05) is 0 Å². The Morgan fingerprint density at radius 2 is 2.06 bits per heavy atom. The first-order valence-corrected chi connectivity index (χ1v) is 5.46. The Hall–Kier alpha value is -1.70. The molecule has 98 valence electrons. The van der Waals surface area contributed by atoms with E-state index in [4.69, 9.17) is 5.11 Å². The summed E-state index contributed by atoms with van der Waals surface area (Å²) in [7, 11) is 0. The summed E-state index contributed by atoms with van der Waals surface area (Å²) in [5.74, 6) is -0.835. The molecule has 0 spiro atoms. The lowest BCUT2D eigenvalue weighted by Gasteiger charge is -2.32. The van der Waals surface area contributed by atoms with Crippen molar-refractivity contribution in [3.63, 3.8) is 0 Å². The zero-order chi connectivity index (χ0) is 13.4. The molecule has 0 aromatic carbocycles. The molecule has 4 atom stereocenters. The summed E-state index contributed by atoms with van der Waals surface area (Å²) in [5.41, 5.74) is 0.451. The number of aliphatic hydroxyl groups excluding tert-OH is 3. The van der Waals surface area contributed by atoms with E-state index in [1.54, 1.807) is 0 Å². The maximum absolute atomic E-state index is 11.1. The minimum atomic E-state index is -1.15. The first kappa shape index (κ1) is 12.7. The summed E-state index contributed by atoms with van der Waals surface area (Å²) >= 11 is 0. The molecule has 0 radical (unpaired) electrons. The number of aliphatic hydroxyl groups is 3. The molecule has 1 saturated carbocycles. The van der Waals surface area contributed by atoms with Crippen LogP contribution in [-0.4, -0.2) is 57.3 Å². The first-order chi connectivity index (χ1) is 8.47. The highest BCUT2D eigenvalue weighted by atomic mass is 16.3. The molecular formula is C11H15N3O4. The molecule has 0 bridgehead atoms. The standard InChI is InChI=1S/C11H15N3O4/c1-5-7(4-15)10(17)11(18)9(5)14-6(2)13-8(16)3-12-14/h3,7,9-11,15,17-18H,1-2,4H2,(H,13,16)/t7-,9+,10?,11+/m0/s1. The van der Waals surface area contributed by atoms with Crippen molar-refractivity contribution in [2.75, 3.05) is 6.61 Å². The Morgan fingerprint density at radius 3 is 2.56 bits per heavy atom. The second-order valence-corrected chi connectivity index (χ2v) is 4.32. The Kier molecular flexibility index (Phi) is 3.20. The summed E-state index contributed by atoms with van der Waals surface area (Å²) in [6.45, 7) is 7.07. The van der Waals surface area contributed by atoms with Crippen LogP contribution in [0.4, 0.5) is 0 Å². The van der Waals surface area contributed by atoms with Crippen LogP contribution in [0.5, 0.6) is 0 Å². The summed E-state index contributed by atoms with van der Waals surface area (Å²) in [6.07, 6.45) is -1.22. The minimum Gasteiger partial charge on any atom is -0.396 e. The van der Waals surface area contributed by atoms with Gasteiger partial charge in [0.25, 0.3) is 5.91 Å². The number of carbonyl (C=O) groups is 1. The second-order valence-electron chi connectivity index (χ2n) is 4.32. The van der Waals surface area contributed by atoms with Crippen LogP contribution in [0.2, 0.25) is 0 Å². The predicted molar refractivity (Wildman–Crippen MR) is 63.1 cm³/mol. The zero-order valence-corrected chi connectivity index (χ0v) is 9.65. The van der Waals surface area contributed by atoms with E-state index in [0.717, 1.165) is 6.21 Å². The maximum Gasteiger partial charge on any atom is 0.269 e. The number of nitrogens with zero attached hydrogens (tertiary/aromatic N) is 2. The molecule has 1 aliphatic carbocycles. The molecule has 1 heterocycles. The van der Waals surface area contributed by atoms with Gasteiger partial charge in [-0.2, -0.15) is 5.10 Å². The lowest BCUT2D eigenvalue weighted by Crippen LogP contribution is -2.47. The SMILES string of the molecule is C=C1[C@@H](N2N=CC(=O)NC2=C)[C@@H](O)C(O)[C@H]1CO. The van der Waals surface area contributed by atoms with Gasteiger partial charge in [-0.05, 0) is 5.57 Å². The van der Waals surface area contributed by atoms with Crippen LogP contribution in [0.3, 0.4) is 0 Å². The monoisotopic (exact) mass is 253 g/mol. The van der Waals surface area contributed by atoms with Crippen molar-refractivity contribution in [2.24, 2.45) is 11.0 Å². The van der Waals surface area contributed by atoms with Gasteiger partial charge in [0.05, 0.1) is 12.7 Å². The van der Waals surface area contributed by atoms with E-state index in [2.05, 4.69) is 23.6 Å². The van der Waals surface area contributed by atoms with Crippen molar-refractivity contribution in [3.05, 3.63) is 24.6 Å². The first-order valence-electron chi connectivity index (χ1n) is 5.46. The predicted octanol–water partition coefficient (Wildman–Crippen LogP) is -1.86. The molecule has 7 heteroatoms. The van der Waals surface area contributed by atoms with E-state index in [0.29, 0.717) is 5.57 Å². The average Bonchev–Trinajstić information content (AvgIpc) is 2.52. The van der Waals surface area contributed by atoms with Crippen molar-refractivity contribution in [3.8, 4) is 0 Å². The summed E-state index contributed by atoms with van der Waals surface area (Å²) in [6, 6.07) is -0.721. The van der Waals surface area contributed by atoms with Gasteiger partial charge in [0.1, 0.15) is 24.2 Å². The van der Waals surface area contributed by atoms with Crippen LogP contribution in [0.1, 0.15) is 0 Å². The largest absolute Gasteiger partial charge is 0.396 e. The van der Waals surface area contributed by atoms with Gasteiger partial charge in [-0.3, -0.25) is 4.79 Å². The molecule has 7 nitrogen and oxygen atoms in total. The molecule has 1 fully saturated rings. The van der Waals surface area contributed by atoms with Gasteiger partial charge < -0.3 is 20.6 Å². The zero-order valence-electron chi connectivity index (χ0n) is 9.65. The number of amides is 1. The van der Waals surface area contributed by atoms with Gasteiger partial charge in [-0.1, -0.05) is 13.2 Å². The molecule has 0 saturated heterocycles. The minimum absolute atomic E-state index is 0.193. The normalized spacial score (nSPS) is 36.2. The molecule has 1 aliphatic heterocycles. The highest BCUT2D eigenvalue weighted by Crippen LogP contribution is 2.35. The number of hydrogen-bond donors (Lipinski definition) is 4. The number of hydrazone groups is 1.